The number of nitrogens with zero attached hydrogens (tertiary/aromatic N) is 2. The SMILES string of the molecule is N#Cc1ccc(Oc2ccc(OC(=O)c3ccc([N+](=O)[O-])cc3)cc2)cc1. The Hall–Kier alpha value is -4.18. The van der Waals surface area contributed by atoms with Crippen molar-refractivity contribution >= 4 is 11.7 Å². The fourth-order valence-electron chi connectivity index (χ4n) is 2.19. The molecule has 0 atom stereocenters. The highest BCUT2D eigenvalue weighted by Crippen LogP contribution is 2.24. The fraction of sp³-hybridized carbons (Fsp3) is 0. The van der Waals surface area contributed by atoms with E-state index < -0.39 is 10.9 Å². The second kappa shape index (κ2) is 7.80. The summed E-state index contributed by atoms with van der Waals surface area (Å²) >= 11 is 0. The molecule has 0 radical (unpaired) electrons. The molecule has 0 aliphatic carbocycles. The van der Waals surface area contributed by atoms with Crippen molar-refractivity contribution in [3.63, 3.8) is 0 Å². The summed E-state index contributed by atoms with van der Waals surface area (Å²) in [6, 6.07) is 20.3. The number of nitro groups is 1. The molecule has 0 aliphatic rings. The monoisotopic (exact) mass is 360 g/mol. The summed E-state index contributed by atoms with van der Waals surface area (Å²) < 4.78 is 10.9. The summed E-state index contributed by atoms with van der Waals surface area (Å²) in [6.07, 6.45) is 0. The van der Waals surface area contributed by atoms with Crippen molar-refractivity contribution in [2.24, 2.45) is 0 Å². The molecule has 3 aromatic carbocycles. The van der Waals surface area contributed by atoms with Crippen molar-refractivity contribution in [2.45, 2.75) is 0 Å². The van der Waals surface area contributed by atoms with Crippen LogP contribution in [0.4, 0.5) is 5.69 Å². The number of benzene rings is 3. The van der Waals surface area contributed by atoms with Gasteiger partial charge in [0.1, 0.15) is 17.2 Å². The van der Waals surface area contributed by atoms with Crippen molar-refractivity contribution in [2.75, 3.05) is 0 Å². The summed E-state index contributed by atoms with van der Waals surface area (Å²) in [5.74, 6) is 0.802. The molecule has 0 amide bonds. The number of ether oxygens (including phenoxy) is 2. The molecule has 3 rings (SSSR count). The predicted octanol–water partition coefficient (Wildman–Crippen LogP) is 4.48. The largest absolute Gasteiger partial charge is 0.457 e. The lowest BCUT2D eigenvalue weighted by atomic mass is 10.2. The van der Waals surface area contributed by atoms with E-state index in [-0.39, 0.29) is 11.3 Å². The second-order valence-electron chi connectivity index (χ2n) is 5.40. The molecule has 7 nitrogen and oxygen atoms in total. The van der Waals surface area contributed by atoms with Gasteiger partial charge in [0.25, 0.3) is 5.69 Å². The van der Waals surface area contributed by atoms with Crippen molar-refractivity contribution in [3.8, 4) is 23.3 Å². The van der Waals surface area contributed by atoms with Crippen LogP contribution >= 0.6 is 0 Å². The normalized spacial score (nSPS) is 9.89. The molecule has 0 bridgehead atoms. The van der Waals surface area contributed by atoms with Crippen LogP contribution in [0.2, 0.25) is 0 Å². The predicted molar refractivity (Wildman–Crippen MR) is 95.7 cm³/mol. The van der Waals surface area contributed by atoms with Crippen LogP contribution in [0.3, 0.4) is 0 Å². The van der Waals surface area contributed by atoms with Crippen LogP contribution in [-0.4, -0.2) is 10.9 Å². The minimum Gasteiger partial charge on any atom is -0.457 e. The van der Waals surface area contributed by atoms with Crippen LogP contribution in [0.1, 0.15) is 15.9 Å². The molecular weight excluding hydrogens is 348 g/mol. The Morgan fingerprint density at radius 2 is 1.37 bits per heavy atom. The Bertz CT molecular complexity index is 1000. The lowest BCUT2D eigenvalue weighted by Crippen LogP contribution is -2.08. The summed E-state index contributed by atoms with van der Waals surface area (Å²) in [5.41, 5.74) is 0.644. The van der Waals surface area contributed by atoms with Crippen LogP contribution in [0, 0.1) is 21.4 Å². The molecule has 0 saturated heterocycles. The number of nitro benzene ring substituents is 1. The first-order valence-corrected chi connectivity index (χ1v) is 7.80. The number of hydrogen-bond acceptors (Lipinski definition) is 6. The Kier molecular flexibility index (Phi) is 5.10. The Morgan fingerprint density at radius 3 is 1.89 bits per heavy atom. The van der Waals surface area contributed by atoms with Crippen molar-refractivity contribution < 1.29 is 19.2 Å². The van der Waals surface area contributed by atoms with Gasteiger partial charge in [-0.2, -0.15) is 5.26 Å². The van der Waals surface area contributed by atoms with Crippen molar-refractivity contribution in [1.29, 1.82) is 5.26 Å². The second-order valence-corrected chi connectivity index (χ2v) is 5.40. The van der Waals surface area contributed by atoms with Gasteiger partial charge in [0.05, 0.1) is 22.1 Å². The fourth-order valence-corrected chi connectivity index (χ4v) is 2.19. The minimum atomic E-state index is -0.620. The van der Waals surface area contributed by atoms with Gasteiger partial charge in [0.15, 0.2) is 0 Å². The lowest BCUT2D eigenvalue weighted by Gasteiger charge is -2.07. The van der Waals surface area contributed by atoms with Gasteiger partial charge in [-0.1, -0.05) is 0 Å². The molecule has 132 valence electrons. The first-order chi connectivity index (χ1) is 13.0. The molecule has 7 heteroatoms. The number of rotatable bonds is 5. The van der Waals surface area contributed by atoms with E-state index in [0.717, 1.165) is 0 Å². The van der Waals surface area contributed by atoms with Crippen LogP contribution in [0.15, 0.2) is 72.8 Å². The zero-order chi connectivity index (χ0) is 19.2. The van der Waals surface area contributed by atoms with E-state index in [9.17, 15) is 14.9 Å². The maximum Gasteiger partial charge on any atom is 0.343 e. The molecule has 0 spiro atoms. The first kappa shape index (κ1) is 17.6. The molecule has 0 unspecified atom stereocenters. The maximum absolute atomic E-state index is 12.1. The van der Waals surface area contributed by atoms with E-state index in [1.54, 1.807) is 48.5 Å². The third kappa shape index (κ3) is 4.46. The van der Waals surface area contributed by atoms with Gasteiger partial charge < -0.3 is 9.47 Å². The third-order valence-electron chi connectivity index (χ3n) is 3.57. The average Bonchev–Trinajstić information content (AvgIpc) is 2.70. The number of hydrogen-bond donors (Lipinski definition) is 0. The van der Waals surface area contributed by atoms with Gasteiger partial charge in [-0.15, -0.1) is 0 Å². The van der Waals surface area contributed by atoms with Crippen molar-refractivity contribution in [1.82, 2.24) is 0 Å². The van der Waals surface area contributed by atoms with Gasteiger partial charge in [-0.25, -0.2) is 4.79 Å². The van der Waals surface area contributed by atoms with Gasteiger partial charge >= 0.3 is 5.97 Å². The first-order valence-electron chi connectivity index (χ1n) is 7.80. The lowest BCUT2D eigenvalue weighted by molar-refractivity contribution is -0.384. The highest BCUT2D eigenvalue weighted by Gasteiger charge is 2.11. The topological polar surface area (TPSA) is 102 Å². The molecule has 0 saturated carbocycles. The van der Waals surface area contributed by atoms with E-state index in [4.69, 9.17) is 14.7 Å². The smallest absolute Gasteiger partial charge is 0.343 e. The highest BCUT2D eigenvalue weighted by atomic mass is 16.6. The summed E-state index contributed by atoms with van der Waals surface area (Å²) in [7, 11) is 0. The third-order valence-corrected chi connectivity index (χ3v) is 3.57. The summed E-state index contributed by atoms with van der Waals surface area (Å²) in [4.78, 5) is 22.2. The van der Waals surface area contributed by atoms with Crippen LogP contribution in [0.25, 0.3) is 0 Å². The van der Waals surface area contributed by atoms with E-state index in [1.807, 2.05) is 6.07 Å². The van der Waals surface area contributed by atoms with E-state index in [2.05, 4.69) is 0 Å². The van der Waals surface area contributed by atoms with E-state index >= 15 is 0 Å². The molecule has 3 aromatic rings. The number of carbonyl (C=O) groups is 1. The zero-order valence-electron chi connectivity index (χ0n) is 13.9. The minimum absolute atomic E-state index is 0.101. The molecule has 0 N–H and O–H groups in total. The zero-order valence-corrected chi connectivity index (χ0v) is 13.9. The number of esters is 1. The quantitative estimate of drug-likeness (QED) is 0.288. The standard InChI is InChI=1S/C20H12N2O5/c21-13-14-1-7-17(8-2-14)26-18-9-11-19(12-10-18)27-20(23)15-3-5-16(6-4-15)22(24)25/h1-12H. The Morgan fingerprint density at radius 1 is 0.852 bits per heavy atom. The number of carbonyl (C=O) groups excluding carboxylic acids is 1. The van der Waals surface area contributed by atoms with E-state index in [0.29, 0.717) is 22.8 Å². The summed E-state index contributed by atoms with van der Waals surface area (Å²) in [6.45, 7) is 0. The molecule has 0 heterocycles. The Balaban J connectivity index is 1.63. The van der Waals surface area contributed by atoms with Crippen LogP contribution in [-0.2, 0) is 0 Å². The summed E-state index contributed by atoms with van der Waals surface area (Å²) in [5, 5.41) is 19.4. The molecular formula is C20H12N2O5. The van der Waals surface area contributed by atoms with Crippen LogP contribution < -0.4 is 9.47 Å². The Labute approximate surface area is 154 Å². The molecule has 0 aromatic heterocycles. The van der Waals surface area contributed by atoms with Crippen molar-refractivity contribution in [3.05, 3.63) is 94.0 Å². The molecule has 27 heavy (non-hydrogen) atoms. The highest BCUT2D eigenvalue weighted by molar-refractivity contribution is 5.91. The number of non-ortho nitro benzene ring substituents is 1. The molecule has 0 fully saturated rings. The van der Waals surface area contributed by atoms with E-state index in [1.165, 1.54) is 24.3 Å². The van der Waals surface area contributed by atoms with Gasteiger partial charge in [-0.05, 0) is 60.7 Å². The maximum atomic E-state index is 12.1. The van der Waals surface area contributed by atoms with Gasteiger partial charge in [0, 0.05) is 12.1 Å². The van der Waals surface area contributed by atoms with Gasteiger partial charge in [0.2, 0.25) is 0 Å². The van der Waals surface area contributed by atoms with Crippen LogP contribution in [0.5, 0.6) is 17.2 Å². The molecule has 0 aliphatic heterocycles. The average molecular weight is 360 g/mol. The number of nitriles is 1. The van der Waals surface area contributed by atoms with Gasteiger partial charge in [-0.3, -0.25) is 10.1 Å².